The maximum atomic E-state index is 13.4. The molecule has 452 valence electrons. The third-order valence-corrected chi connectivity index (χ3v) is 13.5. The Bertz CT molecular complexity index is 1850. The van der Waals surface area contributed by atoms with Crippen LogP contribution in [-0.2, 0) is 23.8 Å². The lowest BCUT2D eigenvalue weighted by atomic mass is 9.99. The molecule has 0 radical (unpaired) electrons. The number of esters is 1. The Morgan fingerprint density at radius 2 is 0.900 bits per heavy atom. The number of aliphatic hydroxyl groups is 5. The fourth-order valence-electron chi connectivity index (χ4n) is 8.63. The van der Waals surface area contributed by atoms with Crippen molar-refractivity contribution in [2.24, 2.45) is 0 Å². The molecule has 1 saturated heterocycles. The van der Waals surface area contributed by atoms with Crippen LogP contribution in [0.1, 0.15) is 213 Å². The maximum Gasteiger partial charge on any atom is 0.306 e. The van der Waals surface area contributed by atoms with E-state index in [1.54, 1.807) is 12.2 Å². The van der Waals surface area contributed by atoms with Crippen molar-refractivity contribution in [2.45, 2.75) is 262 Å². The molecule has 0 aromatic heterocycles. The average Bonchev–Trinajstić information content (AvgIpc) is 3.45. The number of carbonyl (C=O) groups excluding carboxylic acids is 2. The van der Waals surface area contributed by atoms with Gasteiger partial charge in [-0.3, -0.25) is 9.59 Å². The van der Waals surface area contributed by atoms with Crippen LogP contribution in [0, 0.1) is 0 Å². The average molecular weight is 1110 g/mol. The molecule has 0 bridgehead atoms. The number of unbranched alkanes of at least 4 members (excludes halogenated alkanes) is 15. The molecular weight excluding hydrogens is 1000 g/mol. The smallest absolute Gasteiger partial charge is 0.306 e. The lowest BCUT2D eigenvalue weighted by molar-refractivity contribution is -0.305. The van der Waals surface area contributed by atoms with Crippen LogP contribution in [0.4, 0.5) is 0 Å². The van der Waals surface area contributed by atoms with Gasteiger partial charge in [0.25, 0.3) is 0 Å². The number of ether oxygens (including phenoxy) is 3. The number of rotatable bonds is 50. The second-order valence-corrected chi connectivity index (χ2v) is 20.7. The quantitative estimate of drug-likeness (QED) is 0.0195. The molecule has 6 N–H and O–H groups in total. The topological polar surface area (TPSA) is 175 Å². The van der Waals surface area contributed by atoms with E-state index in [1.807, 2.05) is 18.2 Å². The molecule has 11 nitrogen and oxygen atoms in total. The van der Waals surface area contributed by atoms with E-state index in [-0.39, 0.29) is 19.4 Å². The zero-order chi connectivity index (χ0) is 58.2. The van der Waals surface area contributed by atoms with E-state index in [4.69, 9.17) is 14.2 Å². The summed E-state index contributed by atoms with van der Waals surface area (Å²) < 4.78 is 17.6. The first-order chi connectivity index (χ1) is 39.2. The molecule has 1 amide bonds. The number of carbonyl (C=O) groups is 2. The van der Waals surface area contributed by atoms with Crippen LogP contribution in [0.25, 0.3) is 0 Å². The fourth-order valence-corrected chi connectivity index (χ4v) is 8.63. The van der Waals surface area contributed by atoms with Gasteiger partial charge in [0.05, 0.1) is 25.4 Å². The third kappa shape index (κ3) is 42.4. The summed E-state index contributed by atoms with van der Waals surface area (Å²) in [6.07, 6.45) is 69.0. The highest BCUT2D eigenvalue weighted by Crippen LogP contribution is 2.26. The van der Waals surface area contributed by atoms with Gasteiger partial charge in [-0.25, -0.2) is 0 Å². The molecule has 8 unspecified atom stereocenters. The highest BCUT2D eigenvalue weighted by molar-refractivity contribution is 5.81. The van der Waals surface area contributed by atoms with E-state index in [1.165, 1.54) is 44.9 Å². The number of aliphatic hydroxyl groups excluding tert-OH is 5. The summed E-state index contributed by atoms with van der Waals surface area (Å²) in [5.74, 6) is -1.32. The molecule has 0 spiro atoms. The minimum absolute atomic E-state index is 0.0475. The standard InChI is InChI=1S/C69H111NO10/c1-4-7-10-13-16-19-22-25-27-29-31-32-33-35-37-39-42-45-48-51-54-57-64(74)80-67-66(76)65(75)63(58-71)79-69(67)78-59-60(61(72)55-52-49-46-43-40-24-21-18-15-12-9-6-3)70-68(77)62(73)56-53-50-47-44-41-38-36-34-30-28-26-23-20-17-14-11-8-5-2/h7-8,10-11,16-17,19-20,25-28,31-32,34-37,41,44,50,52-53,55,60-63,65-67,69,71-73,75-76H,4-6,9,12-15,18,21-24,29-30,33,38-40,42-43,45-49,51,54,56-59H2,1-3H3,(H,70,77)/b10-7-,11-8-,19-16-,20-17-,27-25-,28-26-,32-31-,36-34-,37-35-,44-41-,53-50-,55-52+. The van der Waals surface area contributed by atoms with E-state index in [0.717, 1.165) is 122 Å². The van der Waals surface area contributed by atoms with Crippen LogP contribution in [0.15, 0.2) is 146 Å². The van der Waals surface area contributed by atoms with Gasteiger partial charge < -0.3 is 45.1 Å². The molecule has 11 heteroatoms. The van der Waals surface area contributed by atoms with E-state index in [9.17, 15) is 35.1 Å². The maximum absolute atomic E-state index is 13.4. The molecule has 1 heterocycles. The zero-order valence-electron chi connectivity index (χ0n) is 49.9. The lowest BCUT2D eigenvalue weighted by Crippen LogP contribution is -2.61. The highest BCUT2D eigenvalue weighted by Gasteiger charge is 2.47. The highest BCUT2D eigenvalue weighted by atomic mass is 16.7. The molecule has 1 aliphatic rings. The molecule has 1 rings (SSSR count). The Balaban J connectivity index is 2.75. The minimum atomic E-state index is -1.65. The van der Waals surface area contributed by atoms with Gasteiger partial charge in [-0.15, -0.1) is 0 Å². The second kappa shape index (κ2) is 55.1. The molecule has 1 aliphatic heterocycles. The van der Waals surface area contributed by atoms with Gasteiger partial charge in [0, 0.05) is 12.8 Å². The zero-order valence-corrected chi connectivity index (χ0v) is 49.9. The third-order valence-electron chi connectivity index (χ3n) is 13.5. The van der Waals surface area contributed by atoms with Crippen molar-refractivity contribution < 1.29 is 49.3 Å². The van der Waals surface area contributed by atoms with Crippen molar-refractivity contribution in [2.75, 3.05) is 13.2 Å². The molecular formula is C69H111NO10. The van der Waals surface area contributed by atoms with Crippen molar-refractivity contribution >= 4 is 11.9 Å². The van der Waals surface area contributed by atoms with Crippen molar-refractivity contribution in [1.82, 2.24) is 5.32 Å². The summed E-state index contributed by atoms with van der Waals surface area (Å²) in [7, 11) is 0. The van der Waals surface area contributed by atoms with E-state index >= 15 is 0 Å². The first kappa shape index (κ1) is 73.6. The van der Waals surface area contributed by atoms with Crippen LogP contribution < -0.4 is 5.32 Å². The monoisotopic (exact) mass is 1110 g/mol. The normalized spacial score (nSPS) is 19.8. The van der Waals surface area contributed by atoms with Gasteiger partial charge in [-0.05, 0) is 103 Å². The number of hydrogen-bond donors (Lipinski definition) is 6. The molecule has 0 aromatic carbocycles. The van der Waals surface area contributed by atoms with Gasteiger partial charge in [-0.2, -0.15) is 0 Å². The molecule has 8 atom stereocenters. The van der Waals surface area contributed by atoms with Gasteiger partial charge in [0.1, 0.15) is 24.4 Å². The molecule has 80 heavy (non-hydrogen) atoms. The largest absolute Gasteiger partial charge is 0.454 e. The minimum Gasteiger partial charge on any atom is -0.454 e. The molecule has 0 aromatic rings. The summed E-state index contributed by atoms with van der Waals surface area (Å²) in [6, 6.07) is -1.08. The first-order valence-corrected chi connectivity index (χ1v) is 31.1. The number of allylic oxidation sites excluding steroid dienone is 22. The Morgan fingerprint density at radius 1 is 0.500 bits per heavy atom. The summed E-state index contributed by atoms with van der Waals surface area (Å²) >= 11 is 0. The van der Waals surface area contributed by atoms with Crippen LogP contribution in [0.3, 0.4) is 0 Å². The Hall–Kier alpha value is -4.46. The predicted molar refractivity (Wildman–Crippen MR) is 333 cm³/mol. The summed E-state index contributed by atoms with van der Waals surface area (Å²) in [5, 5.41) is 56.9. The van der Waals surface area contributed by atoms with Gasteiger partial charge >= 0.3 is 5.97 Å². The number of hydrogen-bond acceptors (Lipinski definition) is 10. The Morgan fingerprint density at radius 3 is 1.35 bits per heavy atom. The second-order valence-electron chi connectivity index (χ2n) is 20.7. The summed E-state index contributed by atoms with van der Waals surface area (Å²) in [6.45, 7) is 5.48. The molecule has 0 aliphatic carbocycles. The first-order valence-electron chi connectivity index (χ1n) is 31.1. The lowest BCUT2D eigenvalue weighted by Gasteiger charge is -2.41. The number of amides is 1. The van der Waals surface area contributed by atoms with Crippen molar-refractivity contribution in [3.63, 3.8) is 0 Å². The van der Waals surface area contributed by atoms with E-state index in [0.29, 0.717) is 12.8 Å². The molecule has 1 fully saturated rings. The predicted octanol–water partition coefficient (Wildman–Crippen LogP) is 15.0. The Kier molecular flexibility index (Phi) is 50.7. The van der Waals surface area contributed by atoms with Crippen LogP contribution in [0.5, 0.6) is 0 Å². The van der Waals surface area contributed by atoms with Crippen molar-refractivity contribution in [3.8, 4) is 0 Å². The van der Waals surface area contributed by atoms with E-state index < -0.39 is 67.4 Å². The summed E-state index contributed by atoms with van der Waals surface area (Å²) in [4.78, 5) is 26.5. The van der Waals surface area contributed by atoms with Crippen molar-refractivity contribution in [3.05, 3.63) is 146 Å². The van der Waals surface area contributed by atoms with Gasteiger partial charge in [0.15, 0.2) is 12.4 Å². The van der Waals surface area contributed by atoms with Crippen LogP contribution >= 0.6 is 0 Å². The number of nitrogens with one attached hydrogen (secondary N) is 1. The fraction of sp³-hybridized carbons (Fsp3) is 0.623. The van der Waals surface area contributed by atoms with Crippen LogP contribution in [-0.4, -0.2) is 99.6 Å². The van der Waals surface area contributed by atoms with Gasteiger partial charge in [0.2, 0.25) is 5.91 Å². The van der Waals surface area contributed by atoms with E-state index in [2.05, 4.69) is 142 Å². The Labute approximate surface area is 485 Å². The summed E-state index contributed by atoms with van der Waals surface area (Å²) in [5.41, 5.74) is 0. The van der Waals surface area contributed by atoms with Crippen molar-refractivity contribution in [1.29, 1.82) is 0 Å². The van der Waals surface area contributed by atoms with Gasteiger partial charge in [-0.1, -0.05) is 244 Å². The molecule has 0 saturated carbocycles. The SMILES string of the molecule is CC/C=C\C/C=C\C/C=C\C/C=C\C/C=C\C/C=C\CC(O)C(=O)NC(COC1OC(CO)C(O)C(O)C1OC(=O)CCCCCCC/C=C\C/C=C\C/C=C\C/C=C\C/C=C\CC)C(O)/C=C/CCCCCCCCCCCC. The van der Waals surface area contributed by atoms with Crippen LogP contribution in [0.2, 0.25) is 0 Å².